The van der Waals surface area contributed by atoms with E-state index < -0.39 is 5.82 Å². The molecule has 7 heteroatoms. The first-order chi connectivity index (χ1) is 13.5. The van der Waals surface area contributed by atoms with Gasteiger partial charge in [0.1, 0.15) is 5.82 Å². The second kappa shape index (κ2) is 8.94. The van der Waals surface area contributed by atoms with E-state index in [-0.39, 0.29) is 30.8 Å². The van der Waals surface area contributed by atoms with Gasteiger partial charge in [-0.15, -0.1) is 0 Å². The number of nitrogens with zero attached hydrogens (tertiary/aromatic N) is 2. The molecule has 0 fully saturated rings. The lowest BCUT2D eigenvalue weighted by Crippen LogP contribution is -2.32. The topological polar surface area (TPSA) is 76.0 Å². The first-order valence-electron chi connectivity index (χ1n) is 8.96. The van der Waals surface area contributed by atoms with Crippen LogP contribution in [0.1, 0.15) is 35.3 Å². The second-order valence-corrected chi connectivity index (χ2v) is 6.36. The van der Waals surface area contributed by atoms with E-state index in [4.69, 9.17) is 0 Å². The third-order valence-electron chi connectivity index (χ3n) is 4.24. The van der Waals surface area contributed by atoms with Crippen LogP contribution in [0.3, 0.4) is 0 Å². The van der Waals surface area contributed by atoms with Crippen LogP contribution in [0.25, 0.3) is 5.69 Å². The predicted octanol–water partition coefficient (Wildman–Crippen LogP) is 3.01. The summed E-state index contributed by atoms with van der Waals surface area (Å²) in [5.41, 5.74) is 2.17. The summed E-state index contributed by atoms with van der Waals surface area (Å²) in [4.78, 5) is 24.1. The molecule has 0 radical (unpaired) electrons. The van der Waals surface area contributed by atoms with Gasteiger partial charge >= 0.3 is 0 Å². The molecule has 3 rings (SSSR count). The molecule has 2 amide bonds. The summed E-state index contributed by atoms with van der Waals surface area (Å²) in [5, 5.41) is 9.86. The number of hydrogen-bond donors (Lipinski definition) is 2. The van der Waals surface area contributed by atoms with Crippen molar-refractivity contribution in [1.29, 1.82) is 0 Å². The zero-order valence-corrected chi connectivity index (χ0v) is 15.4. The van der Waals surface area contributed by atoms with Gasteiger partial charge in [-0.3, -0.25) is 9.59 Å². The highest BCUT2D eigenvalue weighted by atomic mass is 19.1. The summed E-state index contributed by atoms with van der Waals surface area (Å²) in [6.07, 6.45) is 3.73. The van der Waals surface area contributed by atoms with E-state index >= 15 is 0 Å². The van der Waals surface area contributed by atoms with Crippen molar-refractivity contribution in [1.82, 2.24) is 20.4 Å². The number of nitrogens with one attached hydrogen (secondary N) is 2. The van der Waals surface area contributed by atoms with Crippen molar-refractivity contribution in [3.8, 4) is 5.69 Å². The maximum absolute atomic E-state index is 12.9. The van der Waals surface area contributed by atoms with Crippen LogP contribution in [0, 0.1) is 5.82 Å². The van der Waals surface area contributed by atoms with Crippen molar-refractivity contribution in [2.75, 3.05) is 6.54 Å². The second-order valence-electron chi connectivity index (χ2n) is 6.36. The Morgan fingerprint density at radius 1 is 1.11 bits per heavy atom. The molecule has 0 bridgehead atoms. The Morgan fingerprint density at radius 3 is 2.54 bits per heavy atom. The van der Waals surface area contributed by atoms with Crippen LogP contribution in [-0.4, -0.2) is 28.1 Å². The van der Waals surface area contributed by atoms with Gasteiger partial charge in [-0.1, -0.05) is 18.2 Å². The smallest absolute Gasteiger partial charge is 0.251 e. The van der Waals surface area contributed by atoms with Gasteiger partial charge in [-0.25, -0.2) is 9.07 Å². The molecule has 0 aliphatic rings. The van der Waals surface area contributed by atoms with E-state index in [0.29, 0.717) is 5.56 Å². The van der Waals surface area contributed by atoms with Crippen LogP contribution in [-0.2, 0) is 4.79 Å². The van der Waals surface area contributed by atoms with E-state index in [2.05, 4.69) is 15.7 Å². The Labute approximate surface area is 162 Å². The molecule has 1 heterocycles. The SMILES string of the molecule is CC(NC(=O)CCNC(=O)c1ccc(F)cc1)c1cnn(-c2ccccc2)c1. The van der Waals surface area contributed by atoms with Gasteiger partial charge in [0.25, 0.3) is 5.91 Å². The molecule has 2 aromatic carbocycles. The fraction of sp³-hybridized carbons (Fsp3) is 0.190. The zero-order chi connectivity index (χ0) is 19.9. The highest BCUT2D eigenvalue weighted by Gasteiger charge is 2.13. The van der Waals surface area contributed by atoms with Gasteiger partial charge in [-0.2, -0.15) is 5.10 Å². The Kier molecular flexibility index (Phi) is 6.16. The Balaban J connectivity index is 1.46. The molecular formula is C21H21FN4O2. The number of halogens is 1. The van der Waals surface area contributed by atoms with Crippen molar-refractivity contribution in [2.24, 2.45) is 0 Å². The first-order valence-corrected chi connectivity index (χ1v) is 8.96. The Morgan fingerprint density at radius 2 is 1.82 bits per heavy atom. The summed E-state index contributed by atoms with van der Waals surface area (Å²) < 4.78 is 14.6. The minimum absolute atomic E-state index is 0.143. The third kappa shape index (κ3) is 5.03. The van der Waals surface area contributed by atoms with Crippen LogP contribution in [0.4, 0.5) is 4.39 Å². The fourth-order valence-electron chi connectivity index (χ4n) is 2.67. The zero-order valence-electron chi connectivity index (χ0n) is 15.4. The number of amides is 2. The summed E-state index contributed by atoms with van der Waals surface area (Å²) >= 11 is 0. The van der Waals surface area contributed by atoms with Crippen LogP contribution >= 0.6 is 0 Å². The van der Waals surface area contributed by atoms with Gasteiger partial charge in [0.2, 0.25) is 5.91 Å². The lowest BCUT2D eigenvalue weighted by molar-refractivity contribution is -0.121. The molecule has 0 spiro atoms. The van der Waals surface area contributed by atoms with Gasteiger partial charge < -0.3 is 10.6 Å². The predicted molar refractivity (Wildman–Crippen MR) is 103 cm³/mol. The van der Waals surface area contributed by atoms with Gasteiger partial charge in [0, 0.05) is 30.3 Å². The Hall–Kier alpha value is -3.48. The molecule has 1 unspecified atom stereocenters. The molecule has 0 saturated carbocycles. The molecule has 0 saturated heterocycles. The normalized spacial score (nSPS) is 11.6. The molecular weight excluding hydrogens is 359 g/mol. The Bertz CT molecular complexity index is 939. The minimum atomic E-state index is -0.402. The van der Waals surface area contributed by atoms with E-state index in [9.17, 15) is 14.0 Å². The minimum Gasteiger partial charge on any atom is -0.352 e. The van der Waals surface area contributed by atoms with Gasteiger partial charge in [0.15, 0.2) is 0 Å². The highest BCUT2D eigenvalue weighted by Crippen LogP contribution is 2.14. The maximum Gasteiger partial charge on any atom is 0.251 e. The lowest BCUT2D eigenvalue weighted by atomic mass is 10.2. The molecule has 0 aliphatic carbocycles. The van der Waals surface area contributed by atoms with Crippen LogP contribution in [0.2, 0.25) is 0 Å². The van der Waals surface area contributed by atoms with E-state index in [1.807, 2.05) is 43.5 Å². The number of para-hydroxylation sites is 1. The quantitative estimate of drug-likeness (QED) is 0.662. The van der Waals surface area contributed by atoms with Crippen molar-refractivity contribution in [3.63, 3.8) is 0 Å². The van der Waals surface area contributed by atoms with E-state index in [1.165, 1.54) is 24.3 Å². The highest BCUT2D eigenvalue weighted by molar-refractivity contribution is 5.94. The third-order valence-corrected chi connectivity index (χ3v) is 4.24. The number of hydrogen-bond acceptors (Lipinski definition) is 3. The van der Waals surface area contributed by atoms with Crippen LogP contribution in [0.5, 0.6) is 0 Å². The van der Waals surface area contributed by atoms with Crippen molar-refractivity contribution in [2.45, 2.75) is 19.4 Å². The summed E-state index contributed by atoms with van der Waals surface area (Å²) in [6, 6.07) is 14.7. The standard InChI is InChI=1S/C21H21FN4O2/c1-15(17-13-24-26(14-17)19-5-3-2-4-6-19)25-20(27)11-12-23-21(28)16-7-9-18(22)10-8-16/h2-10,13-15H,11-12H2,1H3,(H,23,28)(H,25,27). The average molecular weight is 380 g/mol. The molecule has 144 valence electrons. The van der Waals surface area contributed by atoms with Crippen LogP contribution < -0.4 is 10.6 Å². The monoisotopic (exact) mass is 380 g/mol. The van der Waals surface area contributed by atoms with E-state index in [1.54, 1.807) is 10.9 Å². The molecule has 1 aromatic heterocycles. The number of benzene rings is 2. The molecule has 28 heavy (non-hydrogen) atoms. The van der Waals surface area contributed by atoms with Crippen molar-refractivity contribution >= 4 is 11.8 Å². The largest absolute Gasteiger partial charge is 0.352 e. The fourth-order valence-corrected chi connectivity index (χ4v) is 2.67. The number of rotatable bonds is 7. The molecule has 0 aliphatic heterocycles. The number of carbonyl (C=O) groups is 2. The average Bonchev–Trinajstić information content (AvgIpc) is 3.19. The first kappa shape index (κ1) is 19.3. The van der Waals surface area contributed by atoms with Crippen LogP contribution in [0.15, 0.2) is 67.0 Å². The van der Waals surface area contributed by atoms with E-state index in [0.717, 1.165) is 11.3 Å². The molecule has 2 N–H and O–H groups in total. The molecule has 3 aromatic rings. The van der Waals surface area contributed by atoms with Gasteiger partial charge in [-0.05, 0) is 43.3 Å². The summed E-state index contributed by atoms with van der Waals surface area (Å²) in [6.45, 7) is 2.07. The molecule has 1 atom stereocenters. The number of aromatic nitrogens is 2. The van der Waals surface area contributed by atoms with Crippen molar-refractivity contribution < 1.29 is 14.0 Å². The molecule has 6 nitrogen and oxygen atoms in total. The summed E-state index contributed by atoms with van der Waals surface area (Å²) in [5.74, 6) is -0.926. The maximum atomic E-state index is 12.9. The van der Waals surface area contributed by atoms with Crippen molar-refractivity contribution in [3.05, 3.63) is 83.9 Å². The van der Waals surface area contributed by atoms with Gasteiger partial charge in [0.05, 0.1) is 17.9 Å². The number of carbonyl (C=O) groups excluding carboxylic acids is 2. The lowest BCUT2D eigenvalue weighted by Gasteiger charge is -2.12. The summed E-state index contributed by atoms with van der Waals surface area (Å²) in [7, 11) is 0.